The van der Waals surface area contributed by atoms with Gasteiger partial charge >= 0.3 is 0 Å². The number of carbonyl (C=O) groups is 1. The minimum atomic E-state index is -0.581. The lowest BCUT2D eigenvalue weighted by molar-refractivity contribution is -0.384. The minimum absolute atomic E-state index is 0.0325. The van der Waals surface area contributed by atoms with Crippen molar-refractivity contribution in [2.75, 3.05) is 11.4 Å². The molecule has 1 aliphatic heterocycles. The van der Waals surface area contributed by atoms with E-state index in [-0.39, 0.29) is 21.5 Å². The van der Waals surface area contributed by atoms with Gasteiger partial charge in [-0.2, -0.15) is 0 Å². The van der Waals surface area contributed by atoms with Crippen molar-refractivity contribution < 1.29 is 14.5 Å². The number of aromatic nitrogens is 2. The molecule has 0 N–H and O–H groups in total. The first-order chi connectivity index (χ1) is 14.5. The fourth-order valence-electron chi connectivity index (χ4n) is 3.38. The van der Waals surface area contributed by atoms with Gasteiger partial charge in [0.25, 0.3) is 5.69 Å². The van der Waals surface area contributed by atoms with Crippen molar-refractivity contribution in [1.29, 1.82) is 0 Å². The fraction of sp³-hybridized carbons (Fsp3) is 0.150. The molecule has 0 fully saturated rings. The molecule has 152 valence electrons. The van der Waals surface area contributed by atoms with E-state index in [1.165, 1.54) is 12.1 Å². The standard InChI is InChI=1S/C20H14Cl2N4O4/c21-16-9-13(26(28)29)10-17(22)19(16)30-14-2-3-15-12(8-14)4-7-25(18(15)11-27)20-23-5-1-6-24-20/h1-3,5-6,8-11,18H,4,7H2. The maximum atomic E-state index is 11.8. The summed E-state index contributed by atoms with van der Waals surface area (Å²) >= 11 is 12.2. The van der Waals surface area contributed by atoms with Crippen molar-refractivity contribution in [2.45, 2.75) is 12.5 Å². The lowest BCUT2D eigenvalue weighted by Gasteiger charge is -2.34. The lowest BCUT2D eigenvalue weighted by Crippen LogP contribution is -2.37. The molecule has 2 heterocycles. The molecule has 10 heteroatoms. The SMILES string of the molecule is O=CC1c2ccc(Oc3c(Cl)cc([N+](=O)[O-])cc3Cl)cc2CCN1c1ncccn1. The highest BCUT2D eigenvalue weighted by atomic mass is 35.5. The molecule has 2 aromatic carbocycles. The van der Waals surface area contributed by atoms with Crippen LogP contribution >= 0.6 is 23.2 Å². The van der Waals surface area contributed by atoms with E-state index in [0.717, 1.165) is 17.4 Å². The van der Waals surface area contributed by atoms with E-state index in [9.17, 15) is 14.9 Å². The van der Waals surface area contributed by atoms with Crippen molar-refractivity contribution in [3.63, 3.8) is 0 Å². The second kappa shape index (κ2) is 8.25. The number of halogens is 2. The largest absolute Gasteiger partial charge is 0.454 e. The van der Waals surface area contributed by atoms with Crippen molar-refractivity contribution in [3.05, 3.63) is 80.1 Å². The zero-order chi connectivity index (χ0) is 21.3. The van der Waals surface area contributed by atoms with Gasteiger partial charge in [-0.1, -0.05) is 29.3 Å². The average Bonchev–Trinajstić information content (AvgIpc) is 2.75. The highest BCUT2D eigenvalue weighted by molar-refractivity contribution is 6.37. The molecular weight excluding hydrogens is 431 g/mol. The van der Waals surface area contributed by atoms with E-state index in [2.05, 4.69) is 9.97 Å². The third kappa shape index (κ3) is 3.79. The molecule has 0 radical (unpaired) electrons. The Labute approximate surface area is 181 Å². The Bertz CT molecular complexity index is 1100. The van der Waals surface area contributed by atoms with Crippen molar-refractivity contribution in [1.82, 2.24) is 9.97 Å². The molecule has 1 atom stereocenters. The Hall–Kier alpha value is -3.23. The molecule has 0 aliphatic carbocycles. The number of non-ortho nitro benzene ring substituents is 1. The number of nitro groups is 1. The van der Waals surface area contributed by atoms with Crippen LogP contribution in [0.2, 0.25) is 10.0 Å². The number of nitro benzene ring substituents is 1. The molecule has 1 unspecified atom stereocenters. The van der Waals surface area contributed by atoms with E-state index in [0.29, 0.717) is 24.7 Å². The number of fused-ring (bicyclic) bond motifs is 1. The van der Waals surface area contributed by atoms with Crippen LogP contribution in [-0.2, 0) is 11.2 Å². The lowest BCUT2D eigenvalue weighted by atomic mass is 9.93. The first kappa shape index (κ1) is 20.1. The molecule has 8 nitrogen and oxygen atoms in total. The number of aldehydes is 1. The fourth-order valence-corrected chi connectivity index (χ4v) is 3.93. The predicted molar refractivity (Wildman–Crippen MR) is 112 cm³/mol. The Morgan fingerprint density at radius 3 is 2.50 bits per heavy atom. The quantitative estimate of drug-likeness (QED) is 0.317. The summed E-state index contributed by atoms with van der Waals surface area (Å²) in [4.78, 5) is 32.5. The van der Waals surface area contributed by atoms with Gasteiger partial charge in [-0.05, 0) is 35.7 Å². The molecule has 30 heavy (non-hydrogen) atoms. The van der Waals surface area contributed by atoms with Crippen LogP contribution in [0.3, 0.4) is 0 Å². The Morgan fingerprint density at radius 2 is 1.87 bits per heavy atom. The van der Waals surface area contributed by atoms with Gasteiger partial charge in [0.1, 0.15) is 18.1 Å². The maximum absolute atomic E-state index is 11.8. The zero-order valence-corrected chi connectivity index (χ0v) is 16.9. The second-order valence-corrected chi connectivity index (χ2v) is 7.35. The summed E-state index contributed by atoms with van der Waals surface area (Å²) in [6.07, 6.45) is 4.78. The maximum Gasteiger partial charge on any atom is 0.272 e. The molecule has 0 amide bonds. The molecule has 0 spiro atoms. The highest BCUT2D eigenvalue weighted by Crippen LogP contribution is 2.40. The zero-order valence-electron chi connectivity index (χ0n) is 15.4. The minimum Gasteiger partial charge on any atom is -0.454 e. The summed E-state index contributed by atoms with van der Waals surface area (Å²) in [7, 11) is 0. The Morgan fingerprint density at radius 1 is 1.17 bits per heavy atom. The topological polar surface area (TPSA) is 98.5 Å². The van der Waals surface area contributed by atoms with Crippen LogP contribution in [0.1, 0.15) is 17.2 Å². The number of hydrogen-bond donors (Lipinski definition) is 0. The monoisotopic (exact) mass is 444 g/mol. The second-order valence-electron chi connectivity index (χ2n) is 6.53. The van der Waals surface area contributed by atoms with Crippen LogP contribution in [0.5, 0.6) is 11.5 Å². The Kier molecular flexibility index (Phi) is 5.52. The summed E-state index contributed by atoms with van der Waals surface area (Å²) in [5, 5.41) is 11.0. The molecule has 1 aliphatic rings. The van der Waals surface area contributed by atoms with E-state index < -0.39 is 11.0 Å². The Balaban J connectivity index is 1.63. The number of carbonyl (C=O) groups excluding carboxylic acids is 1. The van der Waals surface area contributed by atoms with Gasteiger partial charge in [-0.25, -0.2) is 9.97 Å². The van der Waals surface area contributed by atoms with Gasteiger partial charge in [-0.15, -0.1) is 0 Å². The molecule has 4 rings (SSSR count). The first-order valence-corrected chi connectivity index (χ1v) is 9.66. The third-order valence-electron chi connectivity index (χ3n) is 4.74. The smallest absolute Gasteiger partial charge is 0.272 e. The average molecular weight is 445 g/mol. The van der Waals surface area contributed by atoms with Gasteiger partial charge < -0.3 is 14.4 Å². The molecule has 0 bridgehead atoms. The third-order valence-corrected chi connectivity index (χ3v) is 5.30. The van der Waals surface area contributed by atoms with Crippen LogP contribution in [0.25, 0.3) is 0 Å². The normalized spacial score (nSPS) is 15.4. The van der Waals surface area contributed by atoms with Gasteiger partial charge in [0.15, 0.2) is 5.75 Å². The molecule has 3 aromatic rings. The van der Waals surface area contributed by atoms with Crippen LogP contribution in [0.4, 0.5) is 11.6 Å². The van der Waals surface area contributed by atoms with Crippen LogP contribution < -0.4 is 9.64 Å². The van der Waals surface area contributed by atoms with Gasteiger partial charge in [0.2, 0.25) is 5.95 Å². The molecular formula is C20H14Cl2N4O4. The van der Waals surface area contributed by atoms with Gasteiger partial charge in [-0.3, -0.25) is 10.1 Å². The summed E-state index contributed by atoms with van der Waals surface area (Å²) < 4.78 is 5.81. The van der Waals surface area contributed by atoms with E-state index in [1.54, 1.807) is 30.6 Å². The van der Waals surface area contributed by atoms with Crippen molar-refractivity contribution in [3.8, 4) is 11.5 Å². The van der Waals surface area contributed by atoms with E-state index >= 15 is 0 Å². The number of hydrogen-bond acceptors (Lipinski definition) is 7. The van der Waals surface area contributed by atoms with E-state index in [4.69, 9.17) is 27.9 Å². The molecule has 1 aromatic heterocycles. The van der Waals surface area contributed by atoms with Gasteiger partial charge in [0.05, 0.1) is 15.0 Å². The molecule has 0 saturated heterocycles. The molecule has 0 saturated carbocycles. The summed E-state index contributed by atoms with van der Waals surface area (Å²) in [5.41, 5.74) is 1.54. The van der Waals surface area contributed by atoms with Crippen LogP contribution in [0, 0.1) is 10.1 Å². The number of ether oxygens (including phenoxy) is 1. The summed E-state index contributed by atoms with van der Waals surface area (Å²) in [6, 6.07) is 8.86. The predicted octanol–water partition coefficient (Wildman–Crippen LogP) is 4.79. The number of benzene rings is 2. The van der Waals surface area contributed by atoms with E-state index in [1.807, 2.05) is 11.0 Å². The number of rotatable bonds is 5. The van der Waals surface area contributed by atoms with Gasteiger partial charge in [0, 0.05) is 31.1 Å². The number of anilines is 1. The van der Waals surface area contributed by atoms with Crippen LogP contribution in [-0.4, -0.2) is 27.7 Å². The summed E-state index contributed by atoms with van der Waals surface area (Å²) in [6.45, 7) is 0.558. The first-order valence-electron chi connectivity index (χ1n) is 8.91. The summed E-state index contributed by atoms with van der Waals surface area (Å²) in [5.74, 6) is 1.08. The number of nitrogens with zero attached hydrogens (tertiary/aromatic N) is 4. The van der Waals surface area contributed by atoms with Crippen molar-refractivity contribution in [2.24, 2.45) is 0 Å². The highest BCUT2D eigenvalue weighted by Gasteiger charge is 2.29. The van der Waals surface area contributed by atoms with Crippen molar-refractivity contribution >= 4 is 41.1 Å². The van der Waals surface area contributed by atoms with Crippen LogP contribution in [0.15, 0.2) is 48.8 Å².